The number of pyridine rings is 1. The van der Waals surface area contributed by atoms with Crippen LogP contribution in [0.25, 0.3) is 21.3 Å². The molecule has 4 aromatic rings. The van der Waals surface area contributed by atoms with Crippen molar-refractivity contribution < 1.29 is 14.3 Å². The Balaban J connectivity index is 1.34. The lowest BCUT2D eigenvalue weighted by molar-refractivity contribution is -0.144. The fourth-order valence-corrected chi connectivity index (χ4v) is 3.79. The molecule has 4 rings (SSSR count). The van der Waals surface area contributed by atoms with Crippen LogP contribution in [0.2, 0.25) is 0 Å². The van der Waals surface area contributed by atoms with Crippen molar-refractivity contribution in [3.63, 3.8) is 0 Å². The zero-order chi connectivity index (χ0) is 20.1. The number of ether oxygens (including phenoxy) is 2. The molecule has 5 nitrogen and oxygen atoms in total. The molecule has 0 saturated heterocycles. The highest BCUT2D eigenvalue weighted by molar-refractivity contribution is 7.13. The lowest BCUT2D eigenvalue weighted by atomic mass is 10.1. The third-order valence-corrected chi connectivity index (χ3v) is 5.34. The Hall–Kier alpha value is -3.25. The molecule has 0 aliphatic rings. The smallest absolute Gasteiger partial charge is 0.310 e. The number of rotatable bonds is 7. The van der Waals surface area contributed by atoms with E-state index < -0.39 is 0 Å². The molecule has 2 aromatic carbocycles. The lowest BCUT2D eigenvalue weighted by Crippen LogP contribution is -2.08. The molecule has 0 radical (unpaired) electrons. The number of benzene rings is 2. The minimum absolute atomic E-state index is 0.170. The molecule has 146 valence electrons. The third kappa shape index (κ3) is 4.78. The molecule has 0 aliphatic carbocycles. The maximum Gasteiger partial charge on any atom is 0.310 e. The van der Waals surface area contributed by atoms with Gasteiger partial charge in [-0.1, -0.05) is 18.2 Å². The number of carbonyl (C=O) groups excluding carboxylic acids is 1. The number of fused-ring (bicyclic) bond motifs is 1. The van der Waals surface area contributed by atoms with Crippen LogP contribution in [-0.4, -0.2) is 22.5 Å². The summed E-state index contributed by atoms with van der Waals surface area (Å²) in [5.74, 6) is 0.570. The van der Waals surface area contributed by atoms with Crippen molar-refractivity contribution in [1.29, 1.82) is 0 Å². The quantitative estimate of drug-likeness (QED) is 0.404. The molecular formula is C23H20N2O3S. The summed E-state index contributed by atoms with van der Waals surface area (Å²) < 4.78 is 10.9. The van der Waals surface area contributed by atoms with Gasteiger partial charge in [-0.3, -0.25) is 9.78 Å². The van der Waals surface area contributed by atoms with E-state index in [-0.39, 0.29) is 19.0 Å². The molecule has 0 saturated carbocycles. The SMILES string of the molecule is CCOc1ccc(-c2nc(COC(=O)Cc3ccc4cnccc4c3)cs2)cc1. The van der Waals surface area contributed by atoms with Crippen LogP contribution in [0.3, 0.4) is 0 Å². The molecule has 6 heteroatoms. The maximum absolute atomic E-state index is 12.2. The zero-order valence-corrected chi connectivity index (χ0v) is 16.8. The van der Waals surface area contributed by atoms with Gasteiger partial charge in [0.2, 0.25) is 0 Å². The first-order chi connectivity index (χ1) is 14.2. The largest absolute Gasteiger partial charge is 0.494 e. The maximum atomic E-state index is 12.2. The predicted molar refractivity (Wildman–Crippen MR) is 114 cm³/mol. The van der Waals surface area contributed by atoms with E-state index >= 15 is 0 Å². The summed E-state index contributed by atoms with van der Waals surface area (Å²) in [7, 11) is 0. The molecule has 0 fully saturated rings. The highest BCUT2D eigenvalue weighted by Gasteiger charge is 2.10. The second-order valence-corrected chi connectivity index (χ2v) is 7.35. The van der Waals surface area contributed by atoms with Gasteiger partial charge in [-0.15, -0.1) is 11.3 Å². The van der Waals surface area contributed by atoms with E-state index in [1.807, 2.05) is 67.0 Å². The summed E-state index contributed by atoms with van der Waals surface area (Å²) in [6, 6.07) is 15.6. The van der Waals surface area contributed by atoms with E-state index in [0.717, 1.165) is 38.4 Å². The second-order valence-electron chi connectivity index (χ2n) is 6.50. The number of hydrogen-bond acceptors (Lipinski definition) is 6. The van der Waals surface area contributed by atoms with Crippen molar-refractivity contribution in [2.75, 3.05) is 6.61 Å². The fourth-order valence-electron chi connectivity index (χ4n) is 2.98. The molecular weight excluding hydrogens is 384 g/mol. The summed E-state index contributed by atoms with van der Waals surface area (Å²) in [4.78, 5) is 20.9. The van der Waals surface area contributed by atoms with Crippen LogP contribution in [0.1, 0.15) is 18.2 Å². The Kier molecular flexibility index (Phi) is 5.81. The first-order valence-corrected chi connectivity index (χ1v) is 10.2. The van der Waals surface area contributed by atoms with Crippen LogP contribution >= 0.6 is 11.3 Å². The van der Waals surface area contributed by atoms with E-state index in [2.05, 4.69) is 9.97 Å². The molecule has 2 heterocycles. The van der Waals surface area contributed by atoms with Crippen LogP contribution in [-0.2, 0) is 22.6 Å². The van der Waals surface area contributed by atoms with Gasteiger partial charge in [-0.05, 0) is 48.2 Å². The van der Waals surface area contributed by atoms with Crippen LogP contribution in [0.4, 0.5) is 0 Å². The number of aromatic nitrogens is 2. The molecule has 0 amide bonds. The molecule has 0 aliphatic heterocycles. The fraction of sp³-hybridized carbons (Fsp3) is 0.174. The Bertz CT molecular complexity index is 1120. The van der Waals surface area contributed by atoms with Gasteiger partial charge in [0.1, 0.15) is 17.4 Å². The number of esters is 1. The Morgan fingerprint density at radius 1 is 1.07 bits per heavy atom. The lowest BCUT2D eigenvalue weighted by Gasteiger charge is -2.05. The molecule has 0 atom stereocenters. The Morgan fingerprint density at radius 3 is 2.76 bits per heavy atom. The molecule has 29 heavy (non-hydrogen) atoms. The van der Waals surface area contributed by atoms with Gasteiger partial charge >= 0.3 is 5.97 Å². The second kappa shape index (κ2) is 8.84. The van der Waals surface area contributed by atoms with Gasteiger partial charge in [-0.25, -0.2) is 4.98 Å². The van der Waals surface area contributed by atoms with Gasteiger partial charge in [0.15, 0.2) is 0 Å². The van der Waals surface area contributed by atoms with Crippen molar-refractivity contribution in [1.82, 2.24) is 9.97 Å². The highest BCUT2D eigenvalue weighted by Crippen LogP contribution is 2.26. The van der Waals surface area contributed by atoms with E-state index in [1.165, 1.54) is 11.3 Å². The summed E-state index contributed by atoms with van der Waals surface area (Å²) in [5.41, 5.74) is 2.68. The number of thiazole rings is 1. The number of nitrogens with zero attached hydrogens (tertiary/aromatic N) is 2. The predicted octanol–water partition coefficient (Wildman–Crippen LogP) is 5.04. The van der Waals surface area contributed by atoms with E-state index in [9.17, 15) is 4.79 Å². The van der Waals surface area contributed by atoms with Gasteiger partial charge in [0, 0.05) is 28.7 Å². The average Bonchev–Trinajstić information content (AvgIpc) is 3.22. The van der Waals surface area contributed by atoms with E-state index in [4.69, 9.17) is 9.47 Å². The number of hydrogen-bond donors (Lipinski definition) is 0. The Labute approximate surface area is 173 Å². The topological polar surface area (TPSA) is 61.3 Å². The van der Waals surface area contributed by atoms with Crippen LogP contribution in [0, 0.1) is 0 Å². The average molecular weight is 404 g/mol. The van der Waals surface area contributed by atoms with Crippen LogP contribution < -0.4 is 4.74 Å². The minimum Gasteiger partial charge on any atom is -0.494 e. The zero-order valence-electron chi connectivity index (χ0n) is 16.0. The van der Waals surface area contributed by atoms with E-state index in [1.54, 1.807) is 6.20 Å². The molecule has 0 unspecified atom stereocenters. The van der Waals surface area contributed by atoms with Crippen molar-refractivity contribution in [3.05, 3.63) is 77.6 Å². The van der Waals surface area contributed by atoms with Gasteiger partial charge in [0.05, 0.1) is 18.7 Å². The number of carbonyl (C=O) groups is 1. The third-order valence-electron chi connectivity index (χ3n) is 4.40. The van der Waals surface area contributed by atoms with Crippen molar-refractivity contribution in [2.45, 2.75) is 20.0 Å². The normalized spacial score (nSPS) is 10.8. The molecule has 0 N–H and O–H groups in total. The van der Waals surface area contributed by atoms with Gasteiger partial charge < -0.3 is 9.47 Å². The highest BCUT2D eigenvalue weighted by atomic mass is 32.1. The minimum atomic E-state index is -0.269. The molecule has 0 spiro atoms. The van der Waals surface area contributed by atoms with Crippen molar-refractivity contribution in [2.24, 2.45) is 0 Å². The van der Waals surface area contributed by atoms with Gasteiger partial charge in [0.25, 0.3) is 0 Å². The van der Waals surface area contributed by atoms with Crippen LogP contribution in [0.5, 0.6) is 5.75 Å². The summed E-state index contributed by atoms with van der Waals surface area (Å²) >= 11 is 1.53. The monoisotopic (exact) mass is 404 g/mol. The summed E-state index contributed by atoms with van der Waals surface area (Å²) in [6.45, 7) is 2.77. The van der Waals surface area contributed by atoms with E-state index in [0.29, 0.717) is 6.61 Å². The van der Waals surface area contributed by atoms with Crippen molar-refractivity contribution in [3.8, 4) is 16.3 Å². The first-order valence-electron chi connectivity index (χ1n) is 9.37. The first kappa shape index (κ1) is 19.1. The Morgan fingerprint density at radius 2 is 1.93 bits per heavy atom. The summed E-state index contributed by atoms with van der Waals surface area (Å²) in [6.07, 6.45) is 3.78. The van der Waals surface area contributed by atoms with Gasteiger partial charge in [-0.2, -0.15) is 0 Å². The molecule has 2 aromatic heterocycles. The standard InChI is InChI=1S/C23H20N2O3S/c1-2-27-21-7-5-17(6-8-21)23-25-20(15-29-23)14-28-22(26)12-16-3-4-19-13-24-10-9-18(19)11-16/h3-11,13,15H,2,12,14H2,1H3. The van der Waals surface area contributed by atoms with Crippen molar-refractivity contribution >= 4 is 28.1 Å². The van der Waals surface area contributed by atoms with Crippen LogP contribution in [0.15, 0.2) is 66.3 Å². The summed E-state index contributed by atoms with van der Waals surface area (Å²) in [5, 5.41) is 4.92. The molecule has 0 bridgehead atoms.